The minimum Gasteiger partial charge on any atom is -0.395 e. The zero-order valence-corrected chi connectivity index (χ0v) is 13.4. The molecule has 1 saturated heterocycles. The molecule has 4 atom stereocenters. The molecule has 0 aromatic rings. The maximum atomic E-state index is 10.1. The highest BCUT2D eigenvalue weighted by Gasteiger charge is 2.43. The Morgan fingerprint density at radius 3 is 2.14 bits per heavy atom. The Kier molecular flexibility index (Phi) is 5.10. The number of likely N-dealkylation sites (tertiary alicyclic amines) is 1. The number of β-amino-alcohol motifs (C(OH)–C–C–N with tert-alkyl or cyclic N) is 1. The molecule has 1 aliphatic heterocycles. The minimum atomic E-state index is -1.15. The Morgan fingerprint density at radius 2 is 1.55 bits per heavy atom. The van der Waals surface area contributed by atoms with Crippen molar-refractivity contribution in [1.82, 2.24) is 4.90 Å². The van der Waals surface area contributed by atoms with E-state index in [0.29, 0.717) is 17.9 Å². The number of aliphatic hydroxyl groups excluding tert-OH is 4. The van der Waals surface area contributed by atoms with Crippen molar-refractivity contribution in [3.63, 3.8) is 0 Å². The van der Waals surface area contributed by atoms with E-state index in [1.165, 1.54) is 51.4 Å². The van der Waals surface area contributed by atoms with Crippen molar-refractivity contribution in [3.05, 3.63) is 0 Å². The second kappa shape index (κ2) is 6.73. The van der Waals surface area contributed by atoms with Crippen LogP contribution in [0.4, 0.5) is 0 Å². The second-order valence-electron chi connectivity index (χ2n) is 7.90. The van der Waals surface area contributed by atoms with E-state index in [4.69, 9.17) is 0 Å². The van der Waals surface area contributed by atoms with Gasteiger partial charge >= 0.3 is 0 Å². The average molecular weight is 313 g/mol. The van der Waals surface area contributed by atoms with E-state index in [1.54, 1.807) is 0 Å². The van der Waals surface area contributed by atoms with Gasteiger partial charge in [-0.3, -0.25) is 4.90 Å². The van der Waals surface area contributed by atoms with Gasteiger partial charge < -0.3 is 20.4 Å². The summed E-state index contributed by atoms with van der Waals surface area (Å²) in [4.78, 5) is 1.99. The lowest BCUT2D eigenvalue weighted by Crippen LogP contribution is -2.63. The van der Waals surface area contributed by atoms with Gasteiger partial charge in [0.25, 0.3) is 0 Å². The van der Waals surface area contributed by atoms with Crippen LogP contribution >= 0.6 is 0 Å². The predicted octanol–water partition coefficient (Wildman–Crippen LogP) is 0.496. The van der Waals surface area contributed by atoms with E-state index >= 15 is 0 Å². The molecule has 0 bridgehead atoms. The first kappa shape index (κ1) is 16.7. The van der Waals surface area contributed by atoms with Crippen LogP contribution in [0.5, 0.6) is 0 Å². The molecule has 2 saturated carbocycles. The van der Waals surface area contributed by atoms with Gasteiger partial charge in [-0.25, -0.2) is 0 Å². The Labute approximate surface area is 132 Å². The summed E-state index contributed by atoms with van der Waals surface area (Å²) in [5.74, 6) is 0.579. The molecule has 0 aromatic heterocycles. The van der Waals surface area contributed by atoms with Crippen LogP contribution in [0.1, 0.15) is 51.4 Å². The molecule has 5 heteroatoms. The van der Waals surface area contributed by atoms with Crippen LogP contribution < -0.4 is 0 Å². The molecule has 4 N–H and O–H groups in total. The molecule has 3 fully saturated rings. The van der Waals surface area contributed by atoms with Gasteiger partial charge in [0.2, 0.25) is 0 Å². The monoisotopic (exact) mass is 313 g/mol. The Morgan fingerprint density at radius 1 is 0.909 bits per heavy atom. The molecule has 0 amide bonds. The van der Waals surface area contributed by atoms with Crippen molar-refractivity contribution in [2.75, 3.05) is 19.7 Å². The van der Waals surface area contributed by atoms with Crippen LogP contribution in [0.25, 0.3) is 0 Å². The highest BCUT2D eigenvalue weighted by molar-refractivity contribution is 4.96. The minimum absolute atomic E-state index is 0.179. The summed E-state index contributed by atoms with van der Waals surface area (Å²) in [7, 11) is 0. The van der Waals surface area contributed by atoms with Crippen molar-refractivity contribution in [2.45, 2.75) is 75.7 Å². The van der Waals surface area contributed by atoms with Gasteiger partial charge in [0.15, 0.2) is 0 Å². The van der Waals surface area contributed by atoms with Gasteiger partial charge in [0.1, 0.15) is 12.2 Å². The quantitative estimate of drug-likeness (QED) is 0.610. The number of hydrogen-bond donors (Lipinski definition) is 4. The molecule has 128 valence electrons. The Balaban J connectivity index is 1.56. The largest absolute Gasteiger partial charge is 0.395 e. The summed E-state index contributed by atoms with van der Waals surface area (Å²) in [6.45, 7) is 0.967. The fraction of sp³-hybridized carbons (Fsp3) is 1.00. The smallest absolute Gasteiger partial charge is 0.109 e. The molecular weight excluding hydrogens is 282 g/mol. The highest BCUT2D eigenvalue weighted by atomic mass is 16.4. The van der Waals surface area contributed by atoms with Crippen molar-refractivity contribution in [2.24, 2.45) is 11.3 Å². The van der Waals surface area contributed by atoms with Crippen LogP contribution in [-0.2, 0) is 0 Å². The second-order valence-corrected chi connectivity index (χ2v) is 7.90. The zero-order chi connectivity index (χ0) is 15.7. The lowest BCUT2D eigenvalue weighted by atomic mass is 9.69. The standard InChI is InChI=1S/C17H31NO4/c19-11-13-15(21)16(22)14(20)10-18(13)9-12-3-7-17(8-4-12)5-1-2-6-17/h12-16,19-22H,1-11H2/t13-,14-,15+,16+/m0/s1. The average Bonchev–Trinajstić information content (AvgIpc) is 2.96. The molecule has 1 spiro atoms. The molecule has 1 heterocycles. The van der Waals surface area contributed by atoms with Gasteiger partial charge in [-0.2, -0.15) is 0 Å². The van der Waals surface area contributed by atoms with E-state index in [9.17, 15) is 20.4 Å². The molecule has 2 aliphatic carbocycles. The first-order chi connectivity index (χ1) is 10.5. The third-order valence-corrected chi connectivity index (χ3v) is 6.54. The Bertz CT molecular complexity index is 362. The molecule has 3 rings (SSSR count). The number of nitrogens with zero attached hydrogens (tertiary/aromatic N) is 1. The van der Waals surface area contributed by atoms with Crippen molar-refractivity contribution < 1.29 is 20.4 Å². The van der Waals surface area contributed by atoms with E-state index in [1.807, 2.05) is 4.90 Å². The lowest BCUT2D eigenvalue weighted by Gasteiger charge is -2.46. The Hall–Kier alpha value is -0.200. The molecule has 0 radical (unpaired) electrons. The summed E-state index contributed by atoms with van der Waals surface area (Å²) in [6, 6.07) is -0.458. The number of piperidine rings is 1. The fourth-order valence-electron chi connectivity index (χ4n) is 5.02. The highest BCUT2D eigenvalue weighted by Crippen LogP contribution is 2.50. The maximum absolute atomic E-state index is 10.1. The fourth-order valence-corrected chi connectivity index (χ4v) is 5.02. The predicted molar refractivity (Wildman–Crippen MR) is 83.3 cm³/mol. The molecule has 22 heavy (non-hydrogen) atoms. The van der Waals surface area contributed by atoms with Gasteiger partial charge in [0.05, 0.1) is 18.8 Å². The number of rotatable bonds is 3. The molecule has 3 aliphatic rings. The summed E-state index contributed by atoms with van der Waals surface area (Å²) in [5.41, 5.74) is 0.615. The van der Waals surface area contributed by atoms with Crippen LogP contribution in [0.15, 0.2) is 0 Å². The molecular formula is C17H31NO4. The van der Waals surface area contributed by atoms with E-state index in [0.717, 1.165) is 6.54 Å². The summed E-state index contributed by atoms with van der Waals surface area (Å²) in [6.07, 6.45) is 7.46. The van der Waals surface area contributed by atoms with Crippen molar-refractivity contribution >= 4 is 0 Å². The normalized spacial score (nSPS) is 40.4. The van der Waals surface area contributed by atoms with Gasteiger partial charge in [-0.15, -0.1) is 0 Å². The molecule has 0 unspecified atom stereocenters. The summed E-state index contributed by atoms with van der Waals surface area (Å²) in [5, 5.41) is 39.3. The summed E-state index contributed by atoms with van der Waals surface area (Å²) >= 11 is 0. The SMILES string of the molecule is OC[C@H]1[C@@H](O)[C@H](O)[C@@H](O)CN1CC1CCC2(CCCC2)CC1. The van der Waals surface area contributed by atoms with Crippen LogP contribution in [0.2, 0.25) is 0 Å². The topological polar surface area (TPSA) is 84.2 Å². The van der Waals surface area contributed by atoms with Gasteiger partial charge in [0, 0.05) is 13.1 Å². The van der Waals surface area contributed by atoms with Crippen molar-refractivity contribution in [1.29, 1.82) is 0 Å². The van der Waals surface area contributed by atoms with E-state index in [2.05, 4.69) is 0 Å². The number of aliphatic hydroxyl groups is 4. The van der Waals surface area contributed by atoms with Crippen LogP contribution in [0, 0.1) is 11.3 Å². The van der Waals surface area contributed by atoms with E-state index in [-0.39, 0.29) is 6.61 Å². The van der Waals surface area contributed by atoms with Crippen LogP contribution in [0.3, 0.4) is 0 Å². The first-order valence-corrected chi connectivity index (χ1v) is 8.94. The van der Waals surface area contributed by atoms with Gasteiger partial charge in [-0.05, 0) is 49.9 Å². The number of hydrogen-bond acceptors (Lipinski definition) is 5. The third kappa shape index (κ3) is 3.20. The van der Waals surface area contributed by atoms with E-state index < -0.39 is 24.4 Å². The molecule has 5 nitrogen and oxygen atoms in total. The maximum Gasteiger partial charge on any atom is 0.109 e. The first-order valence-electron chi connectivity index (χ1n) is 8.94. The molecule has 0 aromatic carbocycles. The van der Waals surface area contributed by atoms with Gasteiger partial charge in [-0.1, -0.05) is 12.8 Å². The lowest BCUT2D eigenvalue weighted by molar-refractivity contribution is -0.148. The zero-order valence-electron chi connectivity index (χ0n) is 13.4. The van der Waals surface area contributed by atoms with Crippen molar-refractivity contribution in [3.8, 4) is 0 Å². The van der Waals surface area contributed by atoms with Crippen LogP contribution in [-0.4, -0.2) is 69.4 Å². The summed E-state index contributed by atoms with van der Waals surface area (Å²) < 4.78 is 0. The third-order valence-electron chi connectivity index (χ3n) is 6.54.